The normalized spacial score (nSPS) is 38.3. The van der Waals surface area contributed by atoms with Gasteiger partial charge in [-0.15, -0.1) is 11.3 Å². The quantitative estimate of drug-likeness (QED) is 0.541. The molecule has 0 nitrogen and oxygen atoms in total. The molecule has 96 valence electrons. The molecule has 18 heavy (non-hydrogen) atoms. The minimum Gasteiger partial charge on any atom is -0.148 e. The van der Waals surface area contributed by atoms with Gasteiger partial charge in [-0.1, -0.05) is 18.1 Å². The standard InChI is InChI=1S/C17H22S/c1-10-3-4-14-12(10)5-6-15-16(14)9-11(2)13-7-8-18-17(13)15/h7-8,11,14-16H,3-6,9H2,1-2H3. The van der Waals surface area contributed by atoms with Gasteiger partial charge in [-0.2, -0.15) is 0 Å². The molecule has 0 radical (unpaired) electrons. The summed E-state index contributed by atoms with van der Waals surface area (Å²) < 4.78 is 0. The number of allylic oxidation sites excluding steroid dienone is 2. The van der Waals surface area contributed by atoms with Crippen LogP contribution in [0.4, 0.5) is 0 Å². The molecule has 0 saturated heterocycles. The average Bonchev–Trinajstić information content (AvgIpc) is 2.97. The highest BCUT2D eigenvalue weighted by molar-refractivity contribution is 7.10. The van der Waals surface area contributed by atoms with Crippen molar-refractivity contribution in [2.75, 3.05) is 0 Å². The molecule has 3 aliphatic carbocycles. The second kappa shape index (κ2) is 3.96. The van der Waals surface area contributed by atoms with Crippen molar-refractivity contribution >= 4 is 11.3 Å². The van der Waals surface area contributed by atoms with Gasteiger partial charge in [0.15, 0.2) is 0 Å². The molecule has 0 amide bonds. The molecule has 1 saturated carbocycles. The topological polar surface area (TPSA) is 0 Å². The first kappa shape index (κ1) is 11.3. The van der Waals surface area contributed by atoms with Crippen molar-refractivity contribution in [3.63, 3.8) is 0 Å². The largest absolute Gasteiger partial charge is 0.148 e. The molecule has 1 aromatic heterocycles. The predicted octanol–water partition coefficient (Wildman–Crippen LogP) is 5.48. The average molecular weight is 258 g/mol. The Morgan fingerprint density at radius 2 is 2.00 bits per heavy atom. The maximum absolute atomic E-state index is 2.45. The third kappa shape index (κ3) is 1.43. The molecule has 1 fully saturated rings. The first-order valence-electron chi connectivity index (χ1n) is 7.51. The second-order valence-electron chi connectivity index (χ2n) is 6.64. The van der Waals surface area contributed by atoms with Crippen LogP contribution in [-0.2, 0) is 0 Å². The van der Waals surface area contributed by atoms with Crippen molar-refractivity contribution in [2.45, 2.75) is 57.8 Å². The number of hydrogen-bond acceptors (Lipinski definition) is 1. The van der Waals surface area contributed by atoms with Gasteiger partial charge in [-0.05, 0) is 79.7 Å². The monoisotopic (exact) mass is 258 g/mol. The lowest BCUT2D eigenvalue weighted by molar-refractivity contribution is 0.223. The molecule has 4 rings (SSSR count). The Balaban J connectivity index is 1.76. The summed E-state index contributed by atoms with van der Waals surface area (Å²) in [5, 5.41) is 2.33. The fraction of sp³-hybridized carbons (Fsp3) is 0.647. The highest BCUT2D eigenvalue weighted by Crippen LogP contribution is 2.57. The van der Waals surface area contributed by atoms with E-state index in [2.05, 4.69) is 25.3 Å². The SMILES string of the molecule is CC1=C2CCC3c4sccc4C(C)CC3C2CC1. The molecular weight excluding hydrogens is 236 g/mol. The van der Waals surface area contributed by atoms with Crippen LogP contribution in [0.5, 0.6) is 0 Å². The molecule has 1 heteroatoms. The van der Waals surface area contributed by atoms with E-state index < -0.39 is 0 Å². The highest BCUT2D eigenvalue weighted by Gasteiger charge is 2.44. The van der Waals surface area contributed by atoms with Crippen molar-refractivity contribution < 1.29 is 0 Å². The zero-order valence-electron chi connectivity index (χ0n) is 11.4. The van der Waals surface area contributed by atoms with E-state index in [-0.39, 0.29) is 0 Å². The minimum atomic E-state index is 0.799. The van der Waals surface area contributed by atoms with Gasteiger partial charge in [-0.25, -0.2) is 0 Å². The van der Waals surface area contributed by atoms with Crippen LogP contribution in [0.2, 0.25) is 0 Å². The zero-order chi connectivity index (χ0) is 12.3. The van der Waals surface area contributed by atoms with E-state index in [1.54, 1.807) is 16.0 Å². The van der Waals surface area contributed by atoms with Crippen LogP contribution in [0.3, 0.4) is 0 Å². The van der Waals surface area contributed by atoms with Crippen molar-refractivity contribution in [2.24, 2.45) is 11.8 Å². The highest BCUT2D eigenvalue weighted by atomic mass is 32.1. The lowest BCUT2D eigenvalue weighted by atomic mass is 9.62. The molecule has 0 N–H and O–H groups in total. The molecular formula is C17H22S. The maximum Gasteiger partial charge on any atom is 0.0114 e. The summed E-state index contributed by atoms with van der Waals surface area (Å²) >= 11 is 2.03. The van der Waals surface area contributed by atoms with Crippen LogP contribution in [0.15, 0.2) is 22.6 Å². The van der Waals surface area contributed by atoms with E-state index >= 15 is 0 Å². The van der Waals surface area contributed by atoms with Crippen molar-refractivity contribution in [3.8, 4) is 0 Å². The van der Waals surface area contributed by atoms with E-state index in [1.807, 2.05) is 16.9 Å². The maximum atomic E-state index is 2.45. The van der Waals surface area contributed by atoms with Gasteiger partial charge < -0.3 is 0 Å². The summed E-state index contributed by atoms with van der Waals surface area (Å²) in [5.41, 5.74) is 5.29. The molecule has 0 aromatic carbocycles. The summed E-state index contributed by atoms with van der Waals surface area (Å²) in [6.45, 7) is 4.83. The smallest absolute Gasteiger partial charge is 0.0114 e. The van der Waals surface area contributed by atoms with Crippen LogP contribution in [0.25, 0.3) is 0 Å². The zero-order valence-corrected chi connectivity index (χ0v) is 12.2. The summed E-state index contributed by atoms with van der Waals surface area (Å²) in [6, 6.07) is 2.39. The van der Waals surface area contributed by atoms with Crippen molar-refractivity contribution in [1.29, 1.82) is 0 Å². The minimum absolute atomic E-state index is 0.799. The fourth-order valence-corrected chi connectivity index (χ4v) is 6.16. The molecule has 0 bridgehead atoms. The van der Waals surface area contributed by atoms with Crippen LogP contribution < -0.4 is 0 Å². The van der Waals surface area contributed by atoms with Crippen LogP contribution in [0.1, 0.15) is 68.2 Å². The number of rotatable bonds is 0. The van der Waals surface area contributed by atoms with E-state index in [0.717, 1.165) is 23.7 Å². The van der Waals surface area contributed by atoms with Gasteiger partial charge in [0.05, 0.1) is 0 Å². The molecule has 1 aromatic rings. The van der Waals surface area contributed by atoms with E-state index in [0.29, 0.717) is 0 Å². The third-order valence-electron chi connectivity index (χ3n) is 5.80. The van der Waals surface area contributed by atoms with Gasteiger partial charge >= 0.3 is 0 Å². The molecule has 4 atom stereocenters. The van der Waals surface area contributed by atoms with Gasteiger partial charge in [0.2, 0.25) is 0 Å². The summed E-state index contributed by atoms with van der Waals surface area (Å²) in [6.07, 6.45) is 7.10. The molecule has 4 unspecified atom stereocenters. The first-order valence-corrected chi connectivity index (χ1v) is 8.39. The van der Waals surface area contributed by atoms with Crippen molar-refractivity contribution in [1.82, 2.24) is 0 Å². The van der Waals surface area contributed by atoms with E-state index in [9.17, 15) is 0 Å². The van der Waals surface area contributed by atoms with Crippen LogP contribution >= 0.6 is 11.3 Å². The van der Waals surface area contributed by atoms with E-state index in [4.69, 9.17) is 0 Å². The lowest BCUT2D eigenvalue weighted by Gasteiger charge is -2.43. The molecule has 0 aliphatic heterocycles. The van der Waals surface area contributed by atoms with Crippen molar-refractivity contribution in [3.05, 3.63) is 33.0 Å². The lowest BCUT2D eigenvalue weighted by Crippen LogP contribution is -2.31. The van der Waals surface area contributed by atoms with Gasteiger partial charge in [0, 0.05) is 4.88 Å². The summed E-state index contributed by atoms with van der Waals surface area (Å²) in [5.74, 6) is 3.61. The predicted molar refractivity (Wildman–Crippen MR) is 78.2 cm³/mol. The van der Waals surface area contributed by atoms with Gasteiger partial charge in [0.25, 0.3) is 0 Å². The second-order valence-corrected chi connectivity index (χ2v) is 7.58. The molecule has 1 heterocycles. The Morgan fingerprint density at radius 3 is 2.89 bits per heavy atom. The Kier molecular flexibility index (Phi) is 2.49. The van der Waals surface area contributed by atoms with Gasteiger partial charge in [-0.3, -0.25) is 0 Å². The number of fused-ring (bicyclic) bond motifs is 5. The molecule has 0 spiro atoms. The van der Waals surface area contributed by atoms with Crippen LogP contribution in [-0.4, -0.2) is 0 Å². The van der Waals surface area contributed by atoms with Gasteiger partial charge in [0.1, 0.15) is 0 Å². The Labute approximate surface area is 114 Å². The third-order valence-corrected chi connectivity index (χ3v) is 6.87. The number of hydrogen-bond donors (Lipinski definition) is 0. The Morgan fingerprint density at radius 1 is 1.17 bits per heavy atom. The summed E-state index contributed by atoms with van der Waals surface area (Å²) in [4.78, 5) is 1.75. The summed E-state index contributed by atoms with van der Waals surface area (Å²) in [7, 11) is 0. The Hall–Kier alpha value is -0.560. The molecule has 3 aliphatic rings. The van der Waals surface area contributed by atoms with Crippen LogP contribution in [0, 0.1) is 11.8 Å². The Bertz CT molecular complexity index is 507. The van der Waals surface area contributed by atoms with E-state index in [1.165, 1.54) is 32.1 Å². The first-order chi connectivity index (χ1) is 8.75. The fourth-order valence-electron chi connectivity index (χ4n) is 4.93. The number of thiophene rings is 1.